The number of carbonyl (C=O) groups is 2. The Morgan fingerprint density at radius 2 is 1.93 bits per heavy atom. The molecule has 0 spiro atoms. The normalized spacial score (nSPS) is 27.2. The van der Waals surface area contributed by atoms with Gasteiger partial charge in [0.1, 0.15) is 24.1 Å². The first-order chi connectivity index (χ1) is 12.9. The van der Waals surface area contributed by atoms with Crippen molar-refractivity contribution >= 4 is 17.8 Å². The molecule has 0 bridgehead atoms. The summed E-state index contributed by atoms with van der Waals surface area (Å²) in [7, 11) is 0. The molecule has 0 saturated carbocycles. The van der Waals surface area contributed by atoms with Crippen molar-refractivity contribution in [3.63, 3.8) is 0 Å². The lowest BCUT2D eigenvalue weighted by Crippen LogP contribution is -2.49. The summed E-state index contributed by atoms with van der Waals surface area (Å²) in [4.78, 5) is 39.8. The molecule has 156 valence electrons. The summed E-state index contributed by atoms with van der Waals surface area (Å²) in [6, 6.07) is 1.38. The highest BCUT2D eigenvalue weighted by atomic mass is 16.6. The molecule has 4 atom stereocenters. The minimum atomic E-state index is -1.79. The molecule has 0 unspecified atom stereocenters. The van der Waals surface area contributed by atoms with Crippen molar-refractivity contribution in [1.29, 1.82) is 0 Å². The Hall–Kier alpha value is -2.46. The number of esters is 2. The number of nitrogens with zero attached hydrogens (tertiary/aromatic N) is 2. The highest BCUT2D eigenvalue weighted by Gasteiger charge is 2.56. The van der Waals surface area contributed by atoms with Gasteiger partial charge in [0.15, 0.2) is 12.3 Å². The number of nitrogens with two attached hydrogens (primary N) is 1. The number of nitrogen functional groups attached to an aromatic ring is 1. The maximum Gasteiger partial charge on any atom is 0.351 e. The molecule has 28 heavy (non-hydrogen) atoms. The Balaban J connectivity index is 2.34. The van der Waals surface area contributed by atoms with Crippen LogP contribution in [0.15, 0.2) is 17.1 Å². The topological polar surface area (TPSA) is 143 Å². The molecule has 0 aliphatic carbocycles. The molecular weight excluding hydrogens is 370 g/mol. The first-order valence-corrected chi connectivity index (χ1v) is 9.04. The van der Waals surface area contributed by atoms with Crippen LogP contribution in [0.5, 0.6) is 0 Å². The molecule has 1 aliphatic heterocycles. The van der Waals surface area contributed by atoms with Crippen LogP contribution in [0.4, 0.5) is 5.82 Å². The third-order valence-electron chi connectivity index (χ3n) is 4.40. The van der Waals surface area contributed by atoms with Crippen molar-refractivity contribution in [2.24, 2.45) is 11.8 Å². The Labute approximate surface area is 162 Å². The van der Waals surface area contributed by atoms with Crippen LogP contribution < -0.4 is 11.4 Å². The fourth-order valence-electron chi connectivity index (χ4n) is 2.76. The van der Waals surface area contributed by atoms with E-state index in [9.17, 15) is 19.5 Å². The van der Waals surface area contributed by atoms with Crippen LogP contribution in [0.1, 0.15) is 40.8 Å². The Morgan fingerprint density at radius 1 is 1.32 bits per heavy atom. The van der Waals surface area contributed by atoms with Crippen LogP contribution in [-0.4, -0.2) is 51.0 Å². The molecule has 3 N–H and O–H groups in total. The monoisotopic (exact) mass is 397 g/mol. The second-order valence-corrected chi connectivity index (χ2v) is 7.59. The number of aromatic nitrogens is 2. The number of hydrogen-bond donors (Lipinski definition) is 2. The molecule has 1 saturated heterocycles. The molecule has 2 rings (SSSR count). The van der Waals surface area contributed by atoms with Gasteiger partial charge in [-0.05, 0) is 13.0 Å². The molecule has 1 aliphatic rings. The van der Waals surface area contributed by atoms with E-state index in [1.54, 1.807) is 27.7 Å². The van der Waals surface area contributed by atoms with Gasteiger partial charge in [-0.15, -0.1) is 0 Å². The van der Waals surface area contributed by atoms with E-state index in [0.29, 0.717) is 0 Å². The zero-order chi connectivity index (χ0) is 21.2. The zero-order valence-corrected chi connectivity index (χ0v) is 16.6. The van der Waals surface area contributed by atoms with E-state index in [1.807, 2.05) is 0 Å². The van der Waals surface area contributed by atoms with Gasteiger partial charge in [-0.25, -0.2) is 4.79 Å². The Kier molecular flexibility index (Phi) is 6.45. The van der Waals surface area contributed by atoms with Crippen LogP contribution >= 0.6 is 0 Å². The molecule has 10 nitrogen and oxygen atoms in total. The summed E-state index contributed by atoms with van der Waals surface area (Å²) in [6.45, 7) is 7.76. The number of rotatable bonds is 6. The molecule has 2 heterocycles. The molecule has 1 aromatic rings. The zero-order valence-electron chi connectivity index (χ0n) is 16.6. The van der Waals surface area contributed by atoms with Gasteiger partial charge in [-0.2, -0.15) is 4.98 Å². The van der Waals surface area contributed by atoms with Gasteiger partial charge >= 0.3 is 17.6 Å². The number of aliphatic hydroxyl groups is 1. The van der Waals surface area contributed by atoms with E-state index in [1.165, 1.54) is 19.2 Å². The highest BCUT2D eigenvalue weighted by Crippen LogP contribution is 2.40. The molecule has 1 aromatic heterocycles. The van der Waals surface area contributed by atoms with Gasteiger partial charge in [-0.1, -0.05) is 27.7 Å². The Bertz CT molecular complexity index is 788. The van der Waals surface area contributed by atoms with Gasteiger partial charge in [0, 0.05) is 6.20 Å². The lowest BCUT2D eigenvalue weighted by atomic mass is 9.96. The Morgan fingerprint density at radius 3 is 2.46 bits per heavy atom. The highest BCUT2D eigenvalue weighted by molar-refractivity contribution is 5.72. The van der Waals surface area contributed by atoms with Gasteiger partial charge in [0.05, 0.1) is 11.8 Å². The maximum absolute atomic E-state index is 12.2. The summed E-state index contributed by atoms with van der Waals surface area (Å²) in [5, 5.41) is 11.1. The molecular formula is C18H27N3O7. The van der Waals surface area contributed by atoms with Crippen molar-refractivity contribution < 1.29 is 28.9 Å². The van der Waals surface area contributed by atoms with Crippen LogP contribution in [0.3, 0.4) is 0 Å². The van der Waals surface area contributed by atoms with Crippen LogP contribution in [0, 0.1) is 11.8 Å². The second-order valence-electron chi connectivity index (χ2n) is 7.59. The molecule has 1 fully saturated rings. The summed E-state index contributed by atoms with van der Waals surface area (Å²) in [6.07, 6.45) is -2.04. The third kappa shape index (κ3) is 4.50. The van der Waals surface area contributed by atoms with Gasteiger partial charge < -0.3 is 25.1 Å². The molecule has 0 amide bonds. The van der Waals surface area contributed by atoms with Gasteiger partial charge in [0.2, 0.25) is 0 Å². The summed E-state index contributed by atoms with van der Waals surface area (Å²) in [5.41, 5.74) is 2.97. The number of anilines is 1. The van der Waals surface area contributed by atoms with E-state index < -0.39 is 47.6 Å². The lowest BCUT2D eigenvalue weighted by molar-refractivity contribution is -0.169. The summed E-state index contributed by atoms with van der Waals surface area (Å²) >= 11 is 0. The summed E-state index contributed by atoms with van der Waals surface area (Å²) < 4.78 is 17.5. The predicted octanol–water partition coefficient (Wildman–Crippen LogP) is 0.241. The lowest BCUT2D eigenvalue weighted by Gasteiger charge is -2.30. The van der Waals surface area contributed by atoms with Crippen LogP contribution in [0.2, 0.25) is 0 Å². The van der Waals surface area contributed by atoms with Crippen molar-refractivity contribution in [1.82, 2.24) is 9.55 Å². The second kappa shape index (κ2) is 8.27. The largest absolute Gasteiger partial charge is 0.463 e. The van der Waals surface area contributed by atoms with Crippen molar-refractivity contribution in [2.45, 2.75) is 58.7 Å². The quantitative estimate of drug-likeness (QED) is 0.645. The first kappa shape index (κ1) is 21.8. The van der Waals surface area contributed by atoms with Crippen LogP contribution in [0.25, 0.3) is 0 Å². The molecule has 10 heteroatoms. The van der Waals surface area contributed by atoms with E-state index in [0.717, 1.165) is 4.57 Å². The number of ether oxygens (including phenoxy) is 3. The minimum Gasteiger partial charge on any atom is -0.463 e. The van der Waals surface area contributed by atoms with E-state index in [4.69, 9.17) is 19.9 Å². The average molecular weight is 397 g/mol. The van der Waals surface area contributed by atoms with Crippen molar-refractivity contribution in [3.8, 4) is 0 Å². The van der Waals surface area contributed by atoms with Crippen molar-refractivity contribution in [3.05, 3.63) is 22.7 Å². The third-order valence-corrected chi connectivity index (χ3v) is 4.40. The predicted molar refractivity (Wildman–Crippen MR) is 98.0 cm³/mol. The number of hydrogen-bond acceptors (Lipinski definition) is 9. The van der Waals surface area contributed by atoms with Crippen LogP contribution in [-0.2, 0) is 23.8 Å². The minimum absolute atomic E-state index is 0.0177. The van der Waals surface area contributed by atoms with E-state index >= 15 is 0 Å². The van der Waals surface area contributed by atoms with Crippen molar-refractivity contribution in [2.75, 3.05) is 12.3 Å². The standard InChI is InChI=1S/C18H27N3O7/c1-9(2)14(22)26-8-11-13(28-15(23)10(3)4)18(5,25)16(27-11)21-7-6-12(19)20-17(21)24/h6-7,9-11,13,16,25H,8H2,1-5H3,(H2,19,20,24)/t11-,13-,16-,18-/m1/s1. The average Bonchev–Trinajstić information content (AvgIpc) is 2.83. The number of carbonyl (C=O) groups excluding carboxylic acids is 2. The smallest absolute Gasteiger partial charge is 0.351 e. The van der Waals surface area contributed by atoms with E-state index in [2.05, 4.69) is 4.98 Å². The summed E-state index contributed by atoms with van der Waals surface area (Å²) in [5.74, 6) is -1.82. The fraction of sp³-hybridized carbons (Fsp3) is 0.667. The van der Waals surface area contributed by atoms with Gasteiger partial charge in [-0.3, -0.25) is 14.2 Å². The van der Waals surface area contributed by atoms with E-state index in [-0.39, 0.29) is 18.3 Å². The SMILES string of the molecule is CC(C)C(=O)OC[C@H]1O[C@@H](n2ccc(N)nc2=O)[C@](C)(O)[C@@H]1OC(=O)C(C)C. The molecule has 0 aromatic carbocycles. The fourth-order valence-corrected chi connectivity index (χ4v) is 2.76. The maximum atomic E-state index is 12.2. The molecule has 0 radical (unpaired) electrons. The first-order valence-electron chi connectivity index (χ1n) is 9.04. The van der Waals surface area contributed by atoms with Gasteiger partial charge in [0.25, 0.3) is 0 Å².